The number of hydrogen-bond donors (Lipinski definition) is 0. The first-order valence-corrected chi connectivity index (χ1v) is 10.3. The lowest BCUT2D eigenvalue weighted by Gasteiger charge is -2.36. The number of benzene rings is 1. The summed E-state index contributed by atoms with van der Waals surface area (Å²) >= 11 is 0. The molecule has 1 unspecified atom stereocenters. The van der Waals surface area contributed by atoms with Gasteiger partial charge in [-0.25, -0.2) is 0 Å². The van der Waals surface area contributed by atoms with Crippen LogP contribution in [0.3, 0.4) is 0 Å². The van der Waals surface area contributed by atoms with Gasteiger partial charge in [-0.15, -0.1) is 0 Å². The molecule has 2 aliphatic carbocycles. The fraction of sp³-hybridized carbons (Fsp3) is 0.696. The number of hydrogen-bond acceptors (Lipinski definition) is 1. The van der Waals surface area contributed by atoms with Crippen molar-refractivity contribution in [1.29, 1.82) is 5.26 Å². The van der Waals surface area contributed by atoms with Crippen molar-refractivity contribution in [2.75, 3.05) is 0 Å². The molecule has 1 aromatic rings. The van der Waals surface area contributed by atoms with Gasteiger partial charge in [0.15, 0.2) is 0 Å². The molecule has 0 bridgehead atoms. The highest BCUT2D eigenvalue weighted by molar-refractivity contribution is 5.39. The van der Waals surface area contributed by atoms with Gasteiger partial charge >= 0.3 is 0 Å². The average Bonchev–Trinajstić information content (AvgIpc) is 2.65. The topological polar surface area (TPSA) is 23.8 Å². The van der Waals surface area contributed by atoms with Gasteiger partial charge in [-0.3, -0.25) is 0 Å². The van der Waals surface area contributed by atoms with Crippen molar-refractivity contribution in [1.82, 2.24) is 0 Å². The van der Waals surface area contributed by atoms with Crippen LogP contribution >= 0.6 is 0 Å². The normalized spacial score (nSPS) is 26.6. The Morgan fingerprint density at radius 2 is 1.79 bits per heavy atom. The van der Waals surface area contributed by atoms with Crippen LogP contribution in [0.25, 0.3) is 0 Å². The molecule has 0 heterocycles. The number of nitrogens with zero attached hydrogens (tertiary/aromatic N) is 1. The van der Waals surface area contributed by atoms with Crippen LogP contribution in [-0.4, -0.2) is 0 Å². The molecule has 1 fully saturated rings. The Kier molecular flexibility index (Phi) is 6.36. The highest BCUT2D eigenvalue weighted by Gasteiger charge is 2.30. The second-order valence-corrected chi connectivity index (χ2v) is 8.23. The fourth-order valence-electron chi connectivity index (χ4n) is 5.06. The van der Waals surface area contributed by atoms with Crippen LogP contribution in [0.15, 0.2) is 18.2 Å². The molecule has 0 amide bonds. The number of fused-ring (bicyclic) bond motifs is 1. The molecule has 0 spiro atoms. The summed E-state index contributed by atoms with van der Waals surface area (Å²) in [4.78, 5) is 0. The maximum absolute atomic E-state index is 9.06. The van der Waals surface area contributed by atoms with Crippen molar-refractivity contribution in [3.63, 3.8) is 0 Å². The van der Waals surface area contributed by atoms with Crippen LogP contribution in [0.2, 0.25) is 0 Å². The van der Waals surface area contributed by atoms with Crippen LogP contribution in [0, 0.1) is 29.1 Å². The second kappa shape index (κ2) is 8.70. The van der Waals surface area contributed by atoms with E-state index in [4.69, 9.17) is 5.26 Å². The van der Waals surface area contributed by atoms with Gasteiger partial charge in [0.25, 0.3) is 0 Å². The quantitative estimate of drug-likeness (QED) is 0.553. The second-order valence-electron chi connectivity index (χ2n) is 8.23. The van der Waals surface area contributed by atoms with Crippen LogP contribution in [0.1, 0.15) is 87.8 Å². The Hall–Kier alpha value is -1.29. The zero-order valence-corrected chi connectivity index (χ0v) is 15.4. The molecular weight excluding hydrogens is 290 g/mol. The Balaban J connectivity index is 1.46. The summed E-state index contributed by atoms with van der Waals surface area (Å²) < 4.78 is 0. The summed E-state index contributed by atoms with van der Waals surface area (Å²) in [7, 11) is 0. The number of unbranched alkanes of at least 4 members (excludes halogenated alkanes) is 3. The minimum atomic E-state index is 0.829. The summed E-state index contributed by atoms with van der Waals surface area (Å²) in [6, 6.07) is 8.63. The lowest BCUT2D eigenvalue weighted by atomic mass is 9.69. The summed E-state index contributed by atoms with van der Waals surface area (Å²) in [6.45, 7) is 2.30. The van der Waals surface area contributed by atoms with E-state index in [1.54, 1.807) is 0 Å². The number of rotatable bonds is 6. The molecule has 3 rings (SSSR count). The third-order valence-corrected chi connectivity index (χ3v) is 6.63. The molecule has 24 heavy (non-hydrogen) atoms. The first kappa shape index (κ1) is 17.5. The van der Waals surface area contributed by atoms with Crippen molar-refractivity contribution < 1.29 is 0 Å². The van der Waals surface area contributed by atoms with Gasteiger partial charge in [0.05, 0.1) is 11.6 Å². The van der Waals surface area contributed by atoms with Gasteiger partial charge in [0.2, 0.25) is 0 Å². The predicted octanol–water partition coefficient (Wildman–Crippen LogP) is 6.44. The van der Waals surface area contributed by atoms with Crippen LogP contribution in [-0.2, 0) is 12.8 Å². The molecule has 1 saturated carbocycles. The van der Waals surface area contributed by atoms with Crippen molar-refractivity contribution in [2.45, 2.75) is 84.0 Å². The van der Waals surface area contributed by atoms with E-state index < -0.39 is 0 Å². The van der Waals surface area contributed by atoms with Gasteiger partial charge < -0.3 is 0 Å². The largest absolute Gasteiger partial charge is 0.192 e. The average molecular weight is 324 g/mol. The molecule has 1 nitrogen and oxygen atoms in total. The van der Waals surface area contributed by atoms with Crippen molar-refractivity contribution in [3.05, 3.63) is 34.9 Å². The molecule has 1 aromatic carbocycles. The van der Waals surface area contributed by atoms with Gasteiger partial charge in [-0.05, 0) is 73.1 Å². The summed E-state index contributed by atoms with van der Waals surface area (Å²) in [5, 5.41) is 9.06. The predicted molar refractivity (Wildman–Crippen MR) is 101 cm³/mol. The van der Waals surface area contributed by atoms with Gasteiger partial charge in [-0.1, -0.05) is 57.9 Å². The third kappa shape index (κ3) is 4.41. The molecule has 130 valence electrons. The van der Waals surface area contributed by atoms with E-state index >= 15 is 0 Å². The Bertz CT molecular complexity index is 560. The molecule has 0 aromatic heterocycles. The third-order valence-electron chi connectivity index (χ3n) is 6.63. The van der Waals surface area contributed by atoms with E-state index in [0.29, 0.717) is 0 Å². The van der Waals surface area contributed by atoms with Crippen molar-refractivity contribution in [3.8, 4) is 6.07 Å². The van der Waals surface area contributed by atoms with Crippen molar-refractivity contribution in [2.24, 2.45) is 17.8 Å². The zero-order chi connectivity index (χ0) is 16.8. The highest BCUT2D eigenvalue weighted by Crippen LogP contribution is 2.40. The molecule has 2 aliphatic rings. The Morgan fingerprint density at radius 1 is 0.958 bits per heavy atom. The summed E-state index contributed by atoms with van der Waals surface area (Å²) in [5.41, 5.74) is 3.79. The maximum atomic E-state index is 9.06. The zero-order valence-electron chi connectivity index (χ0n) is 15.4. The lowest BCUT2D eigenvalue weighted by molar-refractivity contribution is 0.183. The minimum absolute atomic E-state index is 0.829. The molecule has 0 N–H and O–H groups in total. The molecule has 1 heteroatoms. The summed E-state index contributed by atoms with van der Waals surface area (Å²) in [6.07, 6.45) is 16.8. The van der Waals surface area contributed by atoms with E-state index in [0.717, 1.165) is 23.3 Å². The SMILES string of the molecule is CCCCCCC1CCC(C2CCc3cc(C#N)ccc3C2)CC1. The maximum Gasteiger partial charge on any atom is 0.0991 e. The van der Waals surface area contributed by atoms with E-state index in [1.807, 2.05) is 6.07 Å². The van der Waals surface area contributed by atoms with Gasteiger partial charge in [-0.2, -0.15) is 5.26 Å². The molecular formula is C23H33N. The molecule has 0 saturated heterocycles. The Morgan fingerprint density at radius 3 is 2.54 bits per heavy atom. The number of nitriles is 1. The first-order chi connectivity index (χ1) is 11.8. The minimum Gasteiger partial charge on any atom is -0.192 e. The van der Waals surface area contributed by atoms with E-state index in [2.05, 4.69) is 25.1 Å². The van der Waals surface area contributed by atoms with E-state index in [-0.39, 0.29) is 0 Å². The van der Waals surface area contributed by atoms with Crippen LogP contribution in [0.4, 0.5) is 0 Å². The van der Waals surface area contributed by atoms with Gasteiger partial charge in [0, 0.05) is 0 Å². The standard InChI is InChI=1S/C23H33N/c1-2-3-4-5-6-18-7-10-20(11-8-18)22-14-13-21-15-19(17-24)9-12-23(21)16-22/h9,12,15,18,20,22H,2-8,10-11,13-14,16H2,1H3. The monoisotopic (exact) mass is 323 g/mol. The number of aryl methyl sites for hydroxylation is 1. The molecule has 0 aliphatic heterocycles. The van der Waals surface area contributed by atoms with Crippen LogP contribution < -0.4 is 0 Å². The van der Waals surface area contributed by atoms with E-state index in [9.17, 15) is 0 Å². The molecule has 1 atom stereocenters. The van der Waals surface area contributed by atoms with E-state index in [1.165, 1.54) is 88.2 Å². The molecule has 0 radical (unpaired) electrons. The van der Waals surface area contributed by atoms with Crippen molar-refractivity contribution >= 4 is 0 Å². The smallest absolute Gasteiger partial charge is 0.0991 e. The Labute approximate surface area is 148 Å². The highest BCUT2D eigenvalue weighted by atomic mass is 14.3. The lowest BCUT2D eigenvalue weighted by Crippen LogP contribution is -2.26. The summed E-state index contributed by atoms with van der Waals surface area (Å²) in [5.74, 6) is 2.87. The van der Waals surface area contributed by atoms with Crippen LogP contribution in [0.5, 0.6) is 0 Å². The first-order valence-electron chi connectivity index (χ1n) is 10.3. The van der Waals surface area contributed by atoms with Gasteiger partial charge in [0.1, 0.15) is 0 Å². The fourth-order valence-corrected chi connectivity index (χ4v) is 5.06.